The molecule has 15 heavy (non-hydrogen) atoms. The van der Waals surface area contributed by atoms with Crippen molar-refractivity contribution >= 4 is 6.16 Å². The fourth-order valence-electron chi connectivity index (χ4n) is 3.24. The van der Waals surface area contributed by atoms with Gasteiger partial charge in [-0.25, -0.2) is 4.79 Å². The molecule has 3 aliphatic carbocycles. The molecule has 2 bridgehead atoms. The van der Waals surface area contributed by atoms with Gasteiger partial charge in [0.05, 0.1) is 0 Å². The van der Waals surface area contributed by atoms with Crippen LogP contribution in [0.15, 0.2) is 0 Å². The van der Waals surface area contributed by atoms with Gasteiger partial charge in [0.15, 0.2) is 0 Å². The van der Waals surface area contributed by atoms with Crippen LogP contribution in [0, 0.1) is 11.3 Å². The standard InChI is InChI=1S/C11H20.CH2O3/c1-2-6-11-7-3-10(4-8-11)5-9-11;2-1(3)4/h10H,2-9H2,1H3;(H2,2,3,4). The van der Waals surface area contributed by atoms with Gasteiger partial charge in [0, 0.05) is 0 Å². The summed E-state index contributed by atoms with van der Waals surface area (Å²) in [6.07, 6.45) is 10.4. The second kappa shape index (κ2) is 5.38. The van der Waals surface area contributed by atoms with E-state index in [-0.39, 0.29) is 0 Å². The molecule has 3 nitrogen and oxygen atoms in total. The van der Waals surface area contributed by atoms with Crippen LogP contribution in [0.4, 0.5) is 4.79 Å². The molecule has 0 aromatic carbocycles. The van der Waals surface area contributed by atoms with E-state index >= 15 is 0 Å². The van der Waals surface area contributed by atoms with Crippen LogP contribution in [-0.4, -0.2) is 16.4 Å². The third-order valence-corrected chi connectivity index (χ3v) is 4.03. The quantitative estimate of drug-likeness (QED) is 0.731. The number of rotatable bonds is 2. The molecule has 0 saturated heterocycles. The summed E-state index contributed by atoms with van der Waals surface area (Å²) in [7, 11) is 0. The van der Waals surface area contributed by atoms with Gasteiger partial charge < -0.3 is 10.2 Å². The maximum absolute atomic E-state index is 8.56. The molecule has 3 fully saturated rings. The van der Waals surface area contributed by atoms with Crippen molar-refractivity contribution in [1.29, 1.82) is 0 Å². The summed E-state index contributed by atoms with van der Waals surface area (Å²) in [5, 5.41) is 13.9. The van der Waals surface area contributed by atoms with Crippen molar-refractivity contribution in [2.24, 2.45) is 11.3 Å². The molecule has 0 amide bonds. The third-order valence-electron chi connectivity index (χ3n) is 4.03. The summed E-state index contributed by atoms with van der Waals surface area (Å²) in [4.78, 5) is 8.56. The predicted molar refractivity (Wildman–Crippen MR) is 59.2 cm³/mol. The predicted octanol–water partition coefficient (Wildman–Crippen LogP) is 3.98. The molecule has 3 aliphatic rings. The summed E-state index contributed by atoms with van der Waals surface area (Å²) in [5.74, 6) is 1.13. The maximum atomic E-state index is 8.56. The van der Waals surface area contributed by atoms with E-state index in [1.165, 1.54) is 12.8 Å². The first-order chi connectivity index (χ1) is 7.08. The van der Waals surface area contributed by atoms with E-state index in [4.69, 9.17) is 15.0 Å². The lowest BCUT2D eigenvalue weighted by Gasteiger charge is -2.46. The summed E-state index contributed by atoms with van der Waals surface area (Å²) < 4.78 is 0. The van der Waals surface area contributed by atoms with Crippen molar-refractivity contribution in [2.45, 2.75) is 58.3 Å². The zero-order valence-electron chi connectivity index (χ0n) is 9.54. The number of hydrogen-bond acceptors (Lipinski definition) is 1. The van der Waals surface area contributed by atoms with Crippen LogP contribution < -0.4 is 0 Å². The summed E-state index contributed by atoms with van der Waals surface area (Å²) in [6.45, 7) is 2.34. The van der Waals surface area contributed by atoms with Crippen molar-refractivity contribution in [3.63, 3.8) is 0 Å². The Hall–Kier alpha value is -0.730. The Kier molecular flexibility index (Phi) is 4.43. The summed E-state index contributed by atoms with van der Waals surface area (Å²) in [6, 6.07) is 0. The molecule has 2 N–H and O–H groups in total. The first-order valence-electron chi connectivity index (χ1n) is 6.00. The van der Waals surface area contributed by atoms with Crippen LogP contribution in [0.25, 0.3) is 0 Å². The largest absolute Gasteiger partial charge is 0.503 e. The minimum atomic E-state index is -1.83. The topological polar surface area (TPSA) is 57.5 Å². The molecule has 0 radical (unpaired) electrons. The molecular formula is C12H22O3. The summed E-state index contributed by atoms with van der Waals surface area (Å²) in [5.41, 5.74) is 0.837. The van der Waals surface area contributed by atoms with Gasteiger partial charge in [-0.05, 0) is 56.3 Å². The molecule has 0 aromatic rings. The first kappa shape index (κ1) is 12.3. The van der Waals surface area contributed by atoms with Crippen molar-refractivity contribution in [2.75, 3.05) is 0 Å². The highest BCUT2D eigenvalue weighted by atomic mass is 16.6. The van der Waals surface area contributed by atoms with Crippen LogP contribution >= 0.6 is 0 Å². The smallest absolute Gasteiger partial charge is 0.450 e. The molecule has 0 spiro atoms. The second-order valence-electron chi connectivity index (χ2n) is 5.01. The fraction of sp³-hybridized carbons (Fsp3) is 0.917. The molecule has 0 atom stereocenters. The third kappa shape index (κ3) is 3.73. The number of fused-ring (bicyclic) bond motifs is 3. The Morgan fingerprint density at radius 1 is 1.20 bits per heavy atom. The first-order valence-corrected chi connectivity index (χ1v) is 6.00. The zero-order chi connectivity index (χ0) is 11.3. The minimum Gasteiger partial charge on any atom is -0.450 e. The minimum absolute atomic E-state index is 0.837. The Labute approximate surface area is 91.5 Å². The number of carbonyl (C=O) groups is 1. The highest BCUT2D eigenvalue weighted by molar-refractivity contribution is 5.53. The van der Waals surface area contributed by atoms with E-state index in [9.17, 15) is 0 Å². The normalized spacial score (nSPS) is 33.0. The van der Waals surface area contributed by atoms with Gasteiger partial charge in [-0.2, -0.15) is 0 Å². The van der Waals surface area contributed by atoms with Crippen molar-refractivity contribution in [1.82, 2.24) is 0 Å². The SMILES string of the molecule is CCCC12CCC(CC1)CC2.O=C(O)O. The van der Waals surface area contributed by atoms with Crippen LogP contribution in [0.5, 0.6) is 0 Å². The molecule has 0 unspecified atom stereocenters. The zero-order valence-corrected chi connectivity index (χ0v) is 9.54. The molecule has 3 saturated carbocycles. The molecule has 0 aliphatic heterocycles. The van der Waals surface area contributed by atoms with E-state index in [1.54, 1.807) is 38.5 Å². The van der Waals surface area contributed by atoms with E-state index in [2.05, 4.69) is 6.92 Å². The van der Waals surface area contributed by atoms with E-state index in [0.717, 1.165) is 11.3 Å². The van der Waals surface area contributed by atoms with Gasteiger partial charge in [0.2, 0.25) is 0 Å². The Morgan fingerprint density at radius 3 is 1.93 bits per heavy atom. The van der Waals surface area contributed by atoms with E-state index in [0.29, 0.717) is 0 Å². The molecular weight excluding hydrogens is 192 g/mol. The van der Waals surface area contributed by atoms with Crippen molar-refractivity contribution < 1.29 is 15.0 Å². The summed E-state index contributed by atoms with van der Waals surface area (Å²) >= 11 is 0. The molecule has 88 valence electrons. The Bertz CT molecular complexity index is 181. The van der Waals surface area contributed by atoms with Crippen molar-refractivity contribution in [3.8, 4) is 0 Å². The fourth-order valence-corrected chi connectivity index (χ4v) is 3.24. The van der Waals surface area contributed by atoms with Crippen LogP contribution in [0.3, 0.4) is 0 Å². The maximum Gasteiger partial charge on any atom is 0.503 e. The van der Waals surface area contributed by atoms with Crippen molar-refractivity contribution in [3.05, 3.63) is 0 Å². The monoisotopic (exact) mass is 214 g/mol. The molecule has 0 heterocycles. The highest BCUT2D eigenvalue weighted by Crippen LogP contribution is 2.52. The Balaban J connectivity index is 0.000000245. The number of carboxylic acid groups (broad SMARTS) is 2. The van der Waals surface area contributed by atoms with Gasteiger partial charge in [0.1, 0.15) is 0 Å². The highest BCUT2D eigenvalue weighted by Gasteiger charge is 2.39. The molecule has 3 heteroatoms. The van der Waals surface area contributed by atoms with Crippen LogP contribution in [0.1, 0.15) is 58.3 Å². The lowest BCUT2D eigenvalue weighted by Crippen LogP contribution is -2.33. The average molecular weight is 214 g/mol. The molecule has 3 rings (SSSR count). The van der Waals surface area contributed by atoms with Gasteiger partial charge in [0.25, 0.3) is 0 Å². The second-order valence-corrected chi connectivity index (χ2v) is 5.01. The lowest BCUT2D eigenvalue weighted by atomic mass is 9.59. The molecule has 0 aromatic heterocycles. The average Bonchev–Trinajstić information content (AvgIpc) is 2.19. The van der Waals surface area contributed by atoms with E-state index < -0.39 is 6.16 Å². The van der Waals surface area contributed by atoms with Crippen LogP contribution in [0.2, 0.25) is 0 Å². The Morgan fingerprint density at radius 2 is 1.60 bits per heavy atom. The van der Waals surface area contributed by atoms with Gasteiger partial charge >= 0.3 is 6.16 Å². The van der Waals surface area contributed by atoms with Gasteiger partial charge in [-0.3, -0.25) is 0 Å². The van der Waals surface area contributed by atoms with Gasteiger partial charge in [-0.15, -0.1) is 0 Å². The van der Waals surface area contributed by atoms with Gasteiger partial charge in [-0.1, -0.05) is 13.3 Å². The van der Waals surface area contributed by atoms with Crippen LogP contribution in [-0.2, 0) is 0 Å². The van der Waals surface area contributed by atoms with E-state index in [1.807, 2.05) is 0 Å². The lowest BCUT2D eigenvalue weighted by molar-refractivity contribution is 0.0560. The number of hydrogen-bond donors (Lipinski definition) is 2.